The van der Waals surface area contributed by atoms with Crippen molar-refractivity contribution < 1.29 is 9.53 Å². The number of rotatable bonds is 9. The number of hydrogen-bond donors (Lipinski definition) is 0. The average Bonchev–Trinajstić information content (AvgIpc) is 3.18. The summed E-state index contributed by atoms with van der Waals surface area (Å²) in [5.74, 6) is 1.34. The maximum atomic E-state index is 12.8. The first-order valence-electron chi connectivity index (χ1n) is 12.6. The number of amides is 1. The smallest absolute Gasteiger partial charge is 0.260 e. The molecule has 0 radical (unpaired) electrons. The van der Waals surface area contributed by atoms with E-state index in [1.54, 1.807) is 0 Å². The predicted molar refractivity (Wildman–Crippen MR) is 139 cm³/mol. The zero-order valence-corrected chi connectivity index (χ0v) is 21.5. The average molecular weight is 475 g/mol. The van der Waals surface area contributed by atoms with Crippen molar-refractivity contribution in [2.75, 3.05) is 26.7 Å². The van der Waals surface area contributed by atoms with Crippen LogP contribution in [0.1, 0.15) is 35.2 Å². The second-order valence-electron chi connectivity index (χ2n) is 9.91. The van der Waals surface area contributed by atoms with E-state index in [9.17, 15) is 4.79 Å². The molecule has 0 bridgehead atoms. The number of aromatic nitrogens is 2. The number of carbonyl (C=O) groups is 1. The van der Waals surface area contributed by atoms with Crippen LogP contribution in [0.2, 0.25) is 0 Å². The minimum absolute atomic E-state index is 0.0722. The lowest BCUT2D eigenvalue weighted by Gasteiger charge is -2.40. The van der Waals surface area contributed by atoms with Crippen LogP contribution in [0, 0.1) is 19.8 Å². The molecule has 1 atom stereocenters. The highest BCUT2D eigenvalue weighted by Gasteiger charge is 2.31. The van der Waals surface area contributed by atoms with Crippen LogP contribution in [-0.4, -0.2) is 58.3 Å². The van der Waals surface area contributed by atoms with Crippen LogP contribution in [0.25, 0.3) is 0 Å². The van der Waals surface area contributed by atoms with E-state index in [1.165, 1.54) is 16.7 Å². The van der Waals surface area contributed by atoms with Crippen molar-refractivity contribution >= 4 is 5.91 Å². The van der Waals surface area contributed by atoms with E-state index in [1.807, 2.05) is 47.8 Å². The number of likely N-dealkylation sites (tertiary alicyclic amines) is 1. The number of benzene rings is 2. The van der Waals surface area contributed by atoms with Gasteiger partial charge in [-0.05, 0) is 63.8 Å². The fourth-order valence-corrected chi connectivity index (χ4v) is 5.13. The van der Waals surface area contributed by atoms with Gasteiger partial charge >= 0.3 is 0 Å². The zero-order chi connectivity index (χ0) is 24.8. The van der Waals surface area contributed by atoms with Gasteiger partial charge in [-0.25, -0.2) is 0 Å². The summed E-state index contributed by atoms with van der Waals surface area (Å²) >= 11 is 0. The van der Waals surface area contributed by atoms with Gasteiger partial charge in [-0.3, -0.25) is 14.4 Å². The van der Waals surface area contributed by atoms with Gasteiger partial charge in [0, 0.05) is 44.5 Å². The molecule has 35 heavy (non-hydrogen) atoms. The number of piperidine rings is 1. The maximum Gasteiger partial charge on any atom is 0.260 e. The van der Waals surface area contributed by atoms with E-state index >= 15 is 0 Å². The molecule has 1 aromatic heterocycles. The number of hydrogen-bond acceptors (Lipinski definition) is 4. The van der Waals surface area contributed by atoms with Gasteiger partial charge < -0.3 is 9.64 Å². The Kier molecular flexibility index (Phi) is 8.24. The van der Waals surface area contributed by atoms with Gasteiger partial charge in [0.05, 0.1) is 5.69 Å². The Balaban J connectivity index is 1.37. The number of ether oxygens (including phenoxy) is 1. The van der Waals surface area contributed by atoms with Crippen molar-refractivity contribution in [1.82, 2.24) is 19.6 Å². The first-order chi connectivity index (χ1) is 16.9. The van der Waals surface area contributed by atoms with Gasteiger partial charge in [0.15, 0.2) is 6.61 Å². The third-order valence-electron chi connectivity index (χ3n) is 7.21. The molecular formula is C29H38N4O2. The monoisotopic (exact) mass is 474 g/mol. The molecular weight excluding hydrogens is 436 g/mol. The van der Waals surface area contributed by atoms with Gasteiger partial charge in [-0.15, -0.1) is 0 Å². The van der Waals surface area contributed by atoms with E-state index in [0.29, 0.717) is 12.0 Å². The number of carbonyl (C=O) groups excluding carboxylic acids is 1. The molecule has 1 saturated heterocycles. The molecule has 1 aliphatic rings. The molecule has 0 saturated carbocycles. The van der Waals surface area contributed by atoms with Crippen LogP contribution < -0.4 is 4.74 Å². The van der Waals surface area contributed by atoms with Crippen LogP contribution in [-0.2, 0) is 24.8 Å². The molecule has 0 spiro atoms. The van der Waals surface area contributed by atoms with Crippen LogP contribution >= 0.6 is 0 Å². The summed E-state index contributed by atoms with van der Waals surface area (Å²) in [6.45, 7) is 6.66. The topological polar surface area (TPSA) is 50.6 Å². The first kappa shape index (κ1) is 25.0. The van der Waals surface area contributed by atoms with E-state index in [0.717, 1.165) is 50.3 Å². The summed E-state index contributed by atoms with van der Waals surface area (Å²) in [6.07, 6.45) is 5.14. The molecule has 6 nitrogen and oxygen atoms in total. The molecule has 2 aromatic carbocycles. The SMILES string of the molecule is Cc1ccc(OCC(=O)N2CCC(C(Cc3ccccc3)N(C)Cc3cn(C)nc3C)CC2)cc1. The Morgan fingerprint density at radius 2 is 1.77 bits per heavy atom. The van der Waals surface area contributed by atoms with Gasteiger partial charge in [-0.2, -0.15) is 5.10 Å². The van der Waals surface area contributed by atoms with Crippen LogP contribution in [0.15, 0.2) is 60.8 Å². The van der Waals surface area contributed by atoms with Crippen molar-refractivity contribution in [2.24, 2.45) is 13.0 Å². The second-order valence-corrected chi connectivity index (χ2v) is 9.91. The zero-order valence-electron chi connectivity index (χ0n) is 21.5. The largest absolute Gasteiger partial charge is 0.484 e. The van der Waals surface area contributed by atoms with Crippen molar-refractivity contribution in [3.05, 3.63) is 83.2 Å². The molecule has 1 unspecified atom stereocenters. The van der Waals surface area contributed by atoms with E-state index in [4.69, 9.17) is 4.74 Å². The Morgan fingerprint density at radius 3 is 2.40 bits per heavy atom. The molecule has 186 valence electrons. The van der Waals surface area contributed by atoms with Gasteiger partial charge in [-0.1, -0.05) is 48.0 Å². The Hall–Kier alpha value is -3.12. The lowest BCUT2D eigenvalue weighted by molar-refractivity contribution is -0.135. The highest BCUT2D eigenvalue weighted by atomic mass is 16.5. The van der Waals surface area contributed by atoms with Crippen LogP contribution in [0.5, 0.6) is 5.75 Å². The molecule has 3 aromatic rings. The number of aryl methyl sites for hydroxylation is 3. The summed E-state index contributed by atoms with van der Waals surface area (Å²) < 4.78 is 7.64. The van der Waals surface area contributed by atoms with Crippen LogP contribution in [0.4, 0.5) is 0 Å². The normalized spacial score (nSPS) is 15.4. The van der Waals surface area contributed by atoms with Crippen molar-refractivity contribution in [2.45, 2.75) is 45.7 Å². The van der Waals surface area contributed by atoms with Crippen molar-refractivity contribution in [3.63, 3.8) is 0 Å². The minimum Gasteiger partial charge on any atom is -0.484 e. The highest BCUT2D eigenvalue weighted by molar-refractivity contribution is 5.77. The highest BCUT2D eigenvalue weighted by Crippen LogP contribution is 2.28. The number of nitrogens with zero attached hydrogens (tertiary/aromatic N) is 4. The Bertz CT molecular complexity index is 1090. The standard InChI is InChI=1S/C29H38N4O2/c1-22-10-12-27(13-11-22)35-21-29(34)33-16-14-25(15-17-33)28(18-24-8-6-5-7-9-24)31(3)19-26-20-32(4)30-23(26)2/h5-13,20,25,28H,14-19,21H2,1-4H3. The Labute approximate surface area is 209 Å². The van der Waals surface area contributed by atoms with Crippen molar-refractivity contribution in [3.8, 4) is 5.75 Å². The second kappa shape index (κ2) is 11.5. The third kappa shape index (κ3) is 6.73. The van der Waals surface area contributed by atoms with Gasteiger partial charge in [0.2, 0.25) is 0 Å². The molecule has 4 rings (SSSR count). The lowest BCUT2D eigenvalue weighted by Crippen LogP contribution is -2.47. The fraction of sp³-hybridized carbons (Fsp3) is 0.448. The van der Waals surface area contributed by atoms with Gasteiger partial charge in [0.1, 0.15) is 5.75 Å². The van der Waals surface area contributed by atoms with E-state index in [2.05, 4.69) is 60.5 Å². The van der Waals surface area contributed by atoms with E-state index < -0.39 is 0 Å². The lowest BCUT2D eigenvalue weighted by atomic mass is 9.84. The predicted octanol–water partition coefficient (Wildman–Crippen LogP) is 4.40. The molecule has 0 N–H and O–H groups in total. The Morgan fingerprint density at radius 1 is 1.09 bits per heavy atom. The summed E-state index contributed by atoms with van der Waals surface area (Å²) in [7, 11) is 4.21. The summed E-state index contributed by atoms with van der Waals surface area (Å²) in [4.78, 5) is 17.3. The number of likely N-dealkylation sites (N-methyl/N-ethyl adjacent to an activating group) is 1. The molecule has 2 heterocycles. The molecule has 1 amide bonds. The molecule has 6 heteroatoms. The fourth-order valence-electron chi connectivity index (χ4n) is 5.13. The maximum absolute atomic E-state index is 12.8. The third-order valence-corrected chi connectivity index (χ3v) is 7.21. The van der Waals surface area contributed by atoms with Gasteiger partial charge in [0.25, 0.3) is 5.91 Å². The molecule has 0 aliphatic carbocycles. The van der Waals surface area contributed by atoms with Crippen LogP contribution in [0.3, 0.4) is 0 Å². The summed E-state index contributed by atoms with van der Waals surface area (Å²) in [5, 5.41) is 4.53. The quantitative estimate of drug-likeness (QED) is 0.461. The minimum atomic E-state index is 0.0722. The summed E-state index contributed by atoms with van der Waals surface area (Å²) in [6, 6.07) is 19.0. The first-order valence-corrected chi connectivity index (χ1v) is 12.6. The van der Waals surface area contributed by atoms with Crippen molar-refractivity contribution in [1.29, 1.82) is 0 Å². The molecule has 1 aliphatic heterocycles. The van der Waals surface area contributed by atoms with E-state index in [-0.39, 0.29) is 12.5 Å². The summed E-state index contributed by atoms with van der Waals surface area (Å²) in [5.41, 5.74) is 4.90. The molecule has 1 fully saturated rings.